The number of benzene rings is 2. The van der Waals surface area contributed by atoms with Gasteiger partial charge >= 0.3 is 0 Å². The zero-order valence-corrected chi connectivity index (χ0v) is 19.6. The Balaban J connectivity index is 1.93. The molecule has 2 aromatic carbocycles. The van der Waals surface area contributed by atoms with Gasteiger partial charge in [0.1, 0.15) is 11.9 Å². The summed E-state index contributed by atoms with van der Waals surface area (Å²) < 4.78 is 14.9. The lowest BCUT2D eigenvalue weighted by Gasteiger charge is -2.30. The van der Waals surface area contributed by atoms with E-state index >= 15 is 0 Å². The van der Waals surface area contributed by atoms with Crippen molar-refractivity contribution in [3.63, 3.8) is 0 Å². The van der Waals surface area contributed by atoms with Crippen molar-refractivity contribution in [2.45, 2.75) is 39.8 Å². The predicted molar refractivity (Wildman–Crippen MR) is 126 cm³/mol. The molecule has 3 rings (SSSR count). The van der Waals surface area contributed by atoms with Crippen LogP contribution in [0.2, 0.25) is 5.02 Å². The van der Waals surface area contributed by atoms with Crippen LogP contribution in [0.3, 0.4) is 0 Å². The topological polar surface area (TPSA) is 96.2 Å². The van der Waals surface area contributed by atoms with Gasteiger partial charge in [0.15, 0.2) is 5.69 Å². The molecule has 1 atom stereocenters. The number of carbonyl (C=O) groups excluding carboxylic acids is 2. The molecule has 1 unspecified atom stereocenters. The van der Waals surface area contributed by atoms with Crippen molar-refractivity contribution in [3.8, 4) is 0 Å². The molecule has 0 aliphatic carbocycles. The number of nitrogens with zero attached hydrogens (tertiary/aromatic N) is 2. The normalized spacial score (nSPS) is 12.5. The van der Waals surface area contributed by atoms with E-state index in [1.807, 2.05) is 20.8 Å². The quantitative estimate of drug-likeness (QED) is 0.435. The van der Waals surface area contributed by atoms with Crippen molar-refractivity contribution in [1.82, 2.24) is 20.4 Å². The molecule has 33 heavy (non-hydrogen) atoms. The van der Waals surface area contributed by atoms with Crippen LogP contribution in [-0.2, 0) is 11.3 Å². The minimum absolute atomic E-state index is 0.0366. The lowest BCUT2D eigenvalue weighted by molar-refractivity contribution is -0.125. The van der Waals surface area contributed by atoms with E-state index in [-0.39, 0.29) is 30.6 Å². The Hall–Kier alpha value is -2.97. The van der Waals surface area contributed by atoms with Crippen LogP contribution in [0.4, 0.5) is 4.39 Å². The largest absolute Gasteiger partial charge is 0.396 e. The molecule has 3 aromatic rings. The number of rotatable bonds is 8. The first-order valence-electron chi connectivity index (χ1n) is 10.7. The summed E-state index contributed by atoms with van der Waals surface area (Å²) in [7, 11) is 0. The number of nitrogens with one attached hydrogen (secondary N) is 2. The maximum absolute atomic E-state index is 13.3. The van der Waals surface area contributed by atoms with Gasteiger partial charge < -0.3 is 15.7 Å². The molecule has 2 amide bonds. The number of aliphatic hydroxyl groups is 1. The highest BCUT2D eigenvalue weighted by Gasteiger charge is 2.34. The van der Waals surface area contributed by atoms with Crippen LogP contribution in [0.25, 0.3) is 10.9 Å². The zero-order valence-electron chi connectivity index (χ0n) is 18.9. The van der Waals surface area contributed by atoms with Gasteiger partial charge in [0.2, 0.25) is 5.91 Å². The molecule has 0 fully saturated rings. The second kappa shape index (κ2) is 10.3. The van der Waals surface area contributed by atoms with E-state index in [0.29, 0.717) is 28.9 Å². The van der Waals surface area contributed by atoms with E-state index in [2.05, 4.69) is 15.7 Å². The molecular weight excluding hydrogens is 447 g/mol. The van der Waals surface area contributed by atoms with E-state index in [1.165, 1.54) is 12.1 Å². The van der Waals surface area contributed by atoms with Crippen molar-refractivity contribution in [2.24, 2.45) is 5.41 Å². The van der Waals surface area contributed by atoms with E-state index < -0.39 is 17.4 Å². The number of hydrogen-bond acceptors (Lipinski definition) is 4. The standard InChI is InChI=1S/C24H28ClFN4O3/c1-24(2,3)21(23(33)27-12-5-13-31)28-22(32)19-17-6-4-7-18(25)20(17)30(29-19)14-15-8-10-16(26)11-9-15/h4,6-11,21,31H,5,12-14H2,1-3H3,(H,27,33)(H,28,32). The van der Waals surface area contributed by atoms with E-state index in [0.717, 1.165) is 5.56 Å². The van der Waals surface area contributed by atoms with Crippen LogP contribution in [0.1, 0.15) is 43.2 Å². The average Bonchev–Trinajstić information content (AvgIpc) is 3.12. The highest BCUT2D eigenvalue weighted by Crippen LogP contribution is 2.28. The number of para-hydroxylation sites is 1. The van der Waals surface area contributed by atoms with Crippen LogP contribution in [0, 0.1) is 11.2 Å². The predicted octanol–water partition coefficient (Wildman–Crippen LogP) is 3.52. The summed E-state index contributed by atoms with van der Waals surface area (Å²) in [6.07, 6.45) is 0.424. The van der Waals surface area contributed by atoms with Gasteiger partial charge in [0.25, 0.3) is 5.91 Å². The van der Waals surface area contributed by atoms with Gasteiger partial charge in [0.05, 0.1) is 17.1 Å². The van der Waals surface area contributed by atoms with Crippen LogP contribution in [0.15, 0.2) is 42.5 Å². The van der Waals surface area contributed by atoms with Gasteiger partial charge in [-0.2, -0.15) is 5.10 Å². The first kappa shape index (κ1) is 24.7. The maximum Gasteiger partial charge on any atom is 0.273 e. The van der Waals surface area contributed by atoms with Crippen LogP contribution in [0.5, 0.6) is 0 Å². The van der Waals surface area contributed by atoms with Crippen molar-refractivity contribution in [3.05, 3.63) is 64.6 Å². The molecule has 0 aliphatic rings. The lowest BCUT2D eigenvalue weighted by Crippen LogP contribution is -2.53. The fraction of sp³-hybridized carbons (Fsp3) is 0.375. The summed E-state index contributed by atoms with van der Waals surface area (Å²) in [6.45, 7) is 6.12. The van der Waals surface area contributed by atoms with Crippen LogP contribution >= 0.6 is 11.6 Å². The first-order chi connectivity index (χ1) is 15.6. The van der Waals surface area contributed by atoms with E-state index in [9.17, 15) is 14.0 Å². The molecule has 1 aromatic heterocycles. The average molecular weight is 475 g/mol. The first-order valence-corrected chi connectivity index (χ1v) is 11.1. The Labute approximate surface area is 196 Å². The number of hydrogen-bond donors (Lipinski definition) is 3. The third-order valence-electron chi connectivity index (χ3n) is 5.22. The van der Waals surface area contributed by atoms with Gasteiger partial charge in [0, 0.05) is 18.5 Å². The number of aliphatic hydroxyl groups excluding tert-OH is 1. The molecule has 0 radical (unpaired) electrons. The summed E-state index contributed by atoms with van der Waals surface area (Å²) in [5.74, 6) is -1.18. The molecule has 0 aliphatic heterocycles. The molecule has 9 heteroatoms. The van der Waals surface area contributed by atoms with Gasteiger partial charge in [-0.1, -0.05) is 56.6 Å². The highest BCUT2D eigenvalue weighted by molar-refractivity contribution is 6.35. The third kappa shape index (κ3) is 5.89. The maximum atomic E-state index is 13.3. The Kier molecular flexibility index (Phi) is 7.71. The van der Waals surface area contributed by atoms with E-state index in [4.69, 9.17) is 16.7 Å². The van der Waals surface area contributed by atoms with Gasteiger partial charge in [-0.3, -0.25) is 14.3 Å². The fourth-order valence-corrected chi connectivity index (χ4v) is 3.78. The molecule has 7 nitrogen and oxygen atoms in total. The molecular formula is C24H28ClFN4O3. The number of fused-ring (bicyclic) bond motifs is 1. The molecule has 176 valence electrons. The number of halogens is 2. The molecule has 0 saturated heterocycles. The Morgan fingerprint density at radius 1 is 1.18 bits per heavy atom. The third-order valence-corrected chi connectivity index (χ3v) is 5.52. The van der Waals surface area contributed by atoms with Crippen LogP contribution in [-0.4, -0.2) is 45.9 Å². The van der Waals surface area contributed by atoms with Crippen LogP contribution < -0.4 is 10.6 Å². The summed E-state index contributed by atoms with van der Waals surface area (Å²) in [5, 5.41) is 20.0. The fourth-order valence-electron chi connectivity index (χ4n) is 3.51. The smallest absolute Gasteiger partial charge is 0.273 e. The minimum atomic E-state index is -0.819. The molecule has 0 bridgehead atoms. The van der Waals surface area contributed by atoms with Gasteiger partial charge in [-0.05, 0) is 35.6 Å². The lowest BCUT2D eigenvalue weighted by atomic mass is 9.86. The Morgan fingerprint density at radius 2 is 1.88 bits per heavy atom. The minimum Gasteiger partial charge on any atom is -0.396 e. The molecule has 1 heterocycles. The molecule has 0 spiro atoms. The van der Waals surface area contributed by atoms with Gasteiger partial charge in [-0.15, -0.1) is 0 Å². The zero-order chi connectivity index (χ0) is 24.2. The number of carbonyl (C=O) groups is 2. The Bertz CT molecular complexity index is 1140. The SMILES string of the molecule is CC(C)(C)C(NC(=O)c1nn(Cc2ccc(F)cc2)c2c(Cl)cccc12)C(=O)NCCCO. The molecule has 0 saturated carbocycles. The van der Waals surface area contributed by atoms with Crippen molar-refractivity contribution >= 4 is 34.3 Å². The molecule has 3 N–H and O–H groups in total. The summed E-state index contributed by atoms with van der Waals surface area (Å²) in [5.41, 5.74) is 0.951. The van der Waals surface area contributed by atoms with E-state index in [1.54, 1.807) is 35.0 Å². The summed E-state index contributed by atoms with van der Waals surface area (Å²) >= 11 is 6.43. The highest BCUT2D eigenvalue weighted by atomic mass is 35.5. The monoisotopic (exact) mass is 474 g/mol. The van der Waals surface area contributed by atoms with Gasteiger partial charge in [-0.25, -0.2) is 4.39 Å². The van der Waals surface area contributed by atoms with Crippen molar-refractivity contribution in [1.29, 1.82) is 0 Å². The second-order valence-electron chi connectivity index (χ2n) is 8.91. The number of aromatic nitrogens is 2. The summed E-state index contributed by atoms with van der Waals surface area (Å²) in [4.78, 5) is 26.0. The van der Waals surface area contributed by atoms with Crippen molar-refractivity contribution < 1.29 is 19.1 Å². The Morgan fingerprint density at radius 3 is 2.52 bits per heavy atom. The van der Waals surface area contributed by atoms with Crippen molar-refractivity contribution in [2.75, 3.05) is 13.2 Å². The number of amides is 2. The summed E-state index contributed by atoms with van der Waals surface area (Å²) in [6, 6.07) is 10.4. The second-order valence-corrected chi connectivity index (χ2v) is 9.32.